The van der Waals surface area contributed by atoms with E-state index < -0.39 is 5.91 Å². The van der Waals surface area contributed by atoms with Crippen molar-refractivity contribution in [1.82, 2.24) is 19.7 Å². The number of carbonyl (C=O) groups is 1. The SMILES string of the molecule is Cc1ccc(NC(=O)c2c(O)c(/N=N/c3c(C#N)cnn3-c3ncccn3)cc3ccccc23)cc1C. The highest BCUT2D eigenvalue weighted by molar-refractivity contribution is 6.16. The van der Waals surface area contributed by atoms with Gasteiger partial charge in [-0.15, -0.1) is 10.2 Å². The number of phenols is 1. The molecule has 0 spiro atoms. The lowest BCUT2D eigenvalue weighted by atomic mass is 10.0. The average Bonchev–Trinajstić information content (AvgIpc) is 3.33. The summed E-state index contributed by atoms with van der Waals surface area (Å²) in [6.45, 7) is 3.95. The number of phenolic OH excluding ortho intramolecular Hbond substituents is 1. The second-order valence-electron chi connectivity index (χ2n) is 8.25. The molecular formula is C27H20N8O2. The minimum Gasteiger partial charge on any atom is -0.505 e. The molecule has 2 aromatic heterocycles. The number of hydrogen-bond donors (Lipinski definition) is 2. The first-order valence-corrected chi connectivity index (χ1v) is 11.3. The van der Waals surface area contributed by atoms with Crippen molar-refractivity contribution in [1.29, 1.82) is 5.26 Å². The van der Waals surface area contributed by atoms with Gasteiger partial charge in [0.15, 0.2) is 11.6 Å². The summed E-state index contributed by atoms with van der Waals surface area (Å²) in [5.41, 5.74) is 2.99. The highest BCUT2D eigenvalue weighted by Gasteiger charge is 2.20. The van der Waals surface area contributed by atoms with Gasteiger partial charge in [-0.1, -0.05) is 30.3 Å². The molecule has 37 heavy (non-hydrogen) atoms. The Hall–Kier alpha value is -5.43. The molecule has 5 aromatic rings. The zero-order valence-corrected chi connectivity index (χ0v) is 19.9. The number of nitrogens with zero attached hydrogens (tertiary/aromatic N) is 7. The number of nitrogens with one attached hydrogen (secondary N) is 1. The number of anilines is 1. The molecule has 0 radical (unpaired) electrons. The van der Waals surface area contributed by atoms with E-state index in [1.165, 1.54) is 23.3 Å². The molecule has 0 fully saturated rings. The number of benzene rings is 3. The summed E-state index contributed by atoms with van der Waals surface area (Å²) in [4.78, 5) is 21.6. The second-order valence-corrected chi connectivity index (χ2v) is 8.25. The molecule has 0 aliphatic carbocycles. The van der Waals surface area contributed by atoms with Crippen molar-refractivity contribution < 1.29 is 9.90 Å². The lowest BCUT2D eigenvalue weighted by molar-refractivity contribution is 0.102. The van der Waals surface area contributed by atoms with E-state index in [1.54, 1.807) is 30.3 Å². The minimum absolute atomic E-state index is 0.0505. The number of hydrogen-bond acceptors (Lipinski definition) is 8. The van der Waals surface area contributed by atoms with Crippen LogP contribution in [0.1, 0.15) is 27.0 Å². The Morgan fingerprint density at radius 1 is 1.03 bits per heavy atom. The van der Waals surface area contributed by atoms with Crippen molar-refractivity contribution in [2.75, 3.05) is 5.32 Å². The average molecular weight is 489 g/mol. The highest BCUT2D eigenvalue weighted by Crippen LogP contribution is 2.38. The molecule has 0 saturated heterocycles. The van der Waals surface area contributed by atoms with Gasteiger partial charge in [-0.3, -0.25) is 4.79 Å². The monoisotopic (exact) mass is 488 g/mol. The van der Waals surface area contributed by atoms with E-state index in [-0.39, 0.29) is 34.3 Å². The summed E-state index contributed by atoms with van der Waals surface area (Å²) in [6.07, 6.45) is 4.40. The van der Waals surface area contributed by atoms with E-state index in [2.05, 4.69) is 30.6 Å². The predicted octanol–water partition coefficient (Wildman–Crippen LogP) is 5.68. The van der Waals surface area contributed by atoms with E-state index in [4.69, 9.17) is 0 Å². The Bertz CT molecular complexity index is 1720. The first-order valence-electron chi connectivity index (χ1n) is 11.3. The van der Waals surface area contributed by atoms with Crippen molar-refractivity contribution in [3.05, 3.63) is 95.4 Å². The van der Waals surface area contributed by atoms with Crippen LogP contribution in [0.3, 0.4) is 0 Å². The topological polar surface area (TPSA) is 141 Å². The summed E-state index contributed by atoms with van der Waals surface area (Å²) in [5, 5.41) is 37.3. The van der Waals surface area contributed by atoms with Crippen LogP contribution in [0.15, 0.2) is 83.4 Å². The normalized spacial score (nSPS) is 11.1. The summed E-state index contributed by atoms with van der Waals surface area (Å²) in [5.74, 6) is -0.546. The minimum atomic E-state index is -0.491. The van der Waals surface area contributed by atoms with Gasteiger partial charge in [0.2, 0.25) is 0 Å². The van der Waals surface area contributed by atoms with Gasteiger partial charge in [-0.2, -0.15) is 15.0 Å². The Labute approximate surface area is 211 Å². The fraction of sp³-hybridized carbons (Fsp3) is 0.0741. The smallest absolute Gasteiger partial charge is 0.260 e. The molecule has 0 aliphatic heterocycles. The standard InChI is InChI=1S/C27H20N8O2/c1-16-8-9-20(12-17(16)2)32-26(37)23-21-7-4-3-6-18(21)13-22(24(23)36)33-34-25-19(14-28)15-31-35(25)27-29-10-5-11-30-27/h3-13,15,36H,1-2H3,(H,32,37)/b34-33+. The molecule has 0 saturated carbocycles. The molecule has 0 bridgehead atoms. The number of fused-ring (bicyclic) bond motifs is 1. The lowest BCUT2D eigenvalue weighted by Crippen LogP contribution is -2.13. The third-order valence-corrected chi connectivity index (χ3v) is 5.85. The van der Waals surface area contributed by atoms with Crippen LogP contribution in [-0.4, -0.2) is 30.8 Å². The maximum atomic E-state index is 13.4. The molecule has 5 rings (SSSR count). The van der Waals surface area contributed by atoms with Crippen LogP contribution < -0.4 is 5.32 Å². The Kier molecular flexibility index (Phi) is 6.10. The first-order chi connectivity index (χ1) is 18.0. The van der Waals surface area contributed by atoms with Crippen LogP contribution in [0.5, 0.6) is 5.75 Å². The van der Waals surface area contributed by atoms with E-state index >= 15 is 0 Å². The summed E-state index contributed by atoms with van der Waals surface area (Å²) in [6, 6.07) is 18.0. The van der Waals surface area contributed by atoms with Gasteiger partial charge in [0.05, 0.1) is 11.8 Å². The number of amides is 1. The van der Waals surface area contributed by atoms with E-state index in [0.29, 0.717) is 16.5 Å². The van der Waals surface area contributed by atoms with Crippen LogP contribution in [0.2, 0.25) is 0 Å². The van der Waals surface area contributed by atoms with E-state index in [1.807, 2.05) is 44.2 Å². The van der Waals surface area contributed by atoms with Gasteiger partial charge in [0.1, 0.15) is 17.3 Å². The Morgan fingerprint density at radius 2 is 1.81 bits per heavy atom. The maximum absolute atomic E-state index is 13.4. The molecule has 10 heteroatoms. The van der Waals surface area contributed by atoms with Crippen molar-refractivity contribution in [3.63, 3.8) is 0 Å². The van der Waals surface area contributed by atoms with Gasteiger partial charge in [-0.25, -0.2) is 9.97 Å². The molecule has 2 heterocycles. The van der Waals surface area contributed by atoms with Crippen molar-refractivity contribution >= 4 is 33.9 Å². The summed E-state index contributed by atoms with van der Waals surface area (Å²) in [7, 11) is 0. The van der Waals surface area contributed by atoms with Gasteiger partial charge in [0.25, 0.3) is 11.9 Å². The summed E-state index contributed by atoms with van der Waals surface area (Å²) >= 11 is 0. The Balaban J connectivity index is 1.59. The molecule has 180 valence electrons. The van der Waals surface area contributed by atoms with Crippen LogP contribution in [0, 0.1) is 25.2 Å². The third-order valence-electron chi connectivity index (χ3n) is 5.85. The lowest BCUT2D eigenvalue weighted by Gasteiger charge is -2.13. The number of aryl methyl sites for hydroxylation is 2. The van der Waals surface area contributed by atoms with Crippen LogP contribution in [0.25, 0.3) is 16.7 Å². The van der Waals surface area contributed by atoms with E-state index in [9.17, 15) is 15.2 Å². The molecule has 3 aromatic carbocycles. The number of aromatic hydroxyl groups is 1. The molecule has 1 amide bonds. The second kappa shape index (κ2) is 9.67. The number of carbonyl (C=O) groups excluding carboxylic acids is 1. The zero-order valence-electron chi connectivity index (χ0n) is 19.9. The number of azo groups is 1. The van der Waals surface area contributed by atoms with Gasteiger partial charge in [0, 0.05) is 18.1 Å². The maximum Gasteiger partial charge on any atom is 0.260 e. The number of aromatic nitrogens is 4. The predicted molar refractivity (Wildman–Crippen MR) is 138 cm³/mol. The molecule has 10 nitrogen and oxygen atoms in total. The zero-order chi connectivity index (χ0) is 25.9. The van der Waals surface area contributed by atoms with Crippen molar-refractivity contribution in [2.45, 2.75) is 13.8 Å². The van der Waals surface area contributed by atoms with Gasteiger partial charge >= 0.3 is 0 Å². The molecular weight excluding hydrogens is 468 g/mol. The van der Waals surface area contributed by atoms with Gasteiger partial charge < -0.3 is 10.4 Å². The molecule has 2 N–H and O–H groups in total. The fourth-order valence-electron chi connectivity index (χ4n) is 3.81. The van der Waals surface area contributed by atoms with Crippen LogP contribution in [0.4, 0.5) is 17.2 Å². The molecule has 0 unspecified atom stereocenters. The van der Waals surface area contributed by atoms with E-state index in [0.717, 1.165) is 11.1 Å². The fourth-order valence-corrected chi connectivity index (χ4v) is 3.81. The van der Waals surface area contributed by atoms with Crippen molar-refractivity contribution in [3.8, 4) is 17.8 Å². The van der Waals surface area contributed by atoms with Crippen LogP contribution >= 0.6 is 0 Å². The number of rotatable bonds is 5. The largest absolute Gasteiger partial charge is 0.505 e. The summed E-state index contributed by atoms with van der Waals surface area (Å²) < 4.78 is 1.27. The Morgan fingerprint density at radius 3 is 2.57 bits per heavy atom. The van der Waals surface area contributed by atoms with Crippen molar-refractivity contribution in [2.24, 2.45) is 10.2 Å². The molecule has 0 aliphatic rings. The highest BCUT2D eigenvalue weighted by atomic mass is 16.3. The molecule has 0 atom stereocenters. The first kappa shape index (κ1) is 23.3. The van der Waals surface area contributed by atoms with Gasteiger partial charge in [-0.05, 0) is 60.0 Å². The third kappa shape index (κ3) is 4.49. The van der Waals surface area contributed by atoms with Crippen LogP contribution in [-0.2, 0) is 0 Å². The quantitative estimate of drug-likeness (QED) is 0.305. The number of nitriles is 1.